The molecule has 38 heavy (non-hydrogen) atoms. The van der Waals surface area contributed by atoms with Crippen LogP contribution in [0.25, 0.3) is 33.2 Å². The maximum Gasteiger partial charge on any atom is 0.214 e. The van der Waals surface area contributed by atoms with E-state index in [1.807, 2.05) is 78.9 Å². The molecule has 3 aromatic carbocycles. The summed E-state index contributed by atoms with van der Waals surface area (Å²) < 4.78 is 0. The van der Waals surface area contributed by atoms with Gasteiger partial charge in [0.25, 0.3) is 0 Å². The van der Waals surface area contributed by atoms with Crippen molar-refractivity contribution in [2.45, 2.75) is 20.3 Å². The van der Waals surface area contributed by atoms with Crippen LogP contribution >= 0.6 is 11.6 Å². The fraction of sp³-hybridized carbons (Fsp3) is 0.156. The average molecular weight is 519 g/mol. The number of anilines is 1. The molecule has 0 atom stereocenters. The summed E-state index contributed by atoms with van der Waals surface area (Å²) >= 11 is 6.25. The lowest BCUT2D eigenvalue weighted by atomic mass is 9.93. The molecule has 5 rings (SSSR count). The van der Waals surface area contributed by atoms with Crippen molar-refractivity contribution in [1.82, 2.24) is 9.97 Å². The molecule has 0 aliphatic carbocycles. The van der Waals surface area contributed by atoms with Crippen molar-refractivity contribution < 1.29 is 5.11 Å². The van der Waals surface area contributed by atoms with Crippen molar-refractivity contribution in [3.8, 4) is 34.2 Å². The van der Waals surface area contributed by atoms with Gasteiger partial charge in [0, 0.05) is 47.2 Å². The van der Waals surface area contributed by atoms with Gasteiger partial charge in [-0.05, 0) is 66.4 Å². The van der Waals surface area contributed by atoms with Crippen molar-refractivity contribution in [3.63, 3.8) is 0 Å². The zero-order valence-electron chi connectivity index (χ0n) is 21.3. The van der Waals surface area contributed by atoms with E-state index in [-0.39, 0.29) is 5.88 Å². The molecule has 5 aromatic rings. The van der Waals surface area contributed by atoms with E-state index < -0.39 is 0 Å². The molecule has 0 radical (unpaired) electrons. The molecule has 5 nitrogen and oxygen atoms in total. The third kappa shape index (κ3) is 4.79. The standard InChI is InChI=1S/C32H27ClN4O/c1-3-37(4-2)31-30(22-9-6-5-7-10-22)28(20-34)26-17-21(13-14-29(26)36-31)18-27-25(15-16-35-32(27)38)23-11-8-12-24(33)19-23/h5-17,19H,3-4,18H2,1-2H3,(H,35,38). The highest BCUT2D eigenvalue weighted by Gasteiger charge is 2.21. The van der Waals surface area contributed by atoms with Gasteiger partial charge in [-0.25, -0.2) is 9.97 Å². The number of halogens is 1. The molecule has 0 aliphatic heterocycles. The first-order valence-corrected chi connectivity index (χ1v) is 13.0. The first kappa shape index (κ1) is 25.3. The first-order chi connectivity index (χ1) is 18.5. The van der Waals surface area contributed by atoms with Crippen LogP contribution in [0, 0.1) is 11.3 Å². The van der Waals surface area contributed by atoms with Gasteiger partial charge >= 0.3 is 0 Å². The molecule has 0 aliphatic rings. The monoisotopic (exact) mass is 518 g/mol. The van der Waals surface area contributed by atoms with Crippen molar-refractivity contribution in [3.05, 3.63) is 107 Å². The Bertz CT molecular complexity index is 1660. The molecule has 0 unspecified atom stereocenters. The Morgan fingerprint density at radius 3 is 2.39 bits per heavy atom. The lowest BCUT2D eigenvalue weighted by Crippen LogP contribution is -2.24. The van der Waals surface area contributed by atoms with E-state index in [4.69, 9.17) is 16.6 Å². The second-order valence-electron chi connectivity index (χ2n) is 9.03. The Labute approximate surface area is 227 Å². The van der Waals surface area contributed by atoms with E-state index in [0.29, 0.717) is 22.6 Å². The molecule has 0 amide bonds. The quantitative estimate of drug-likeness (QED) is 0.240. The van der Waals surface area contributed by atoms with Gasteiger partial charge in [0.15, 0.2) is 0 Å². The highest BCUT2D eigenvalue weighted by atomic mass is 35.5. The van der Waals surface area contributed by atoms with Gasteiger partial charge in [0.2, 0.25) is 5.88 Å². The molecule has 0 saturated carbocycles. The van der Waals surface area contributed by atoms with E-state index in [9.17, 15) is 10.4 Å². The lowest BCUT2D eigenvalue weighted by molar-refractivity contribution is 0.448. The Kier molecular flexibility index (Phi) is 7.26. The normalized spacial score (nSPS) is 10.9. The molecule has 188 valence electrons. The van der Waals surface area contributed by atoms with Crippen LogP contribution in [-0.4, -0.2) is 28.2 Å². The predicted octanol–water partition coefficient (Wildman–Crippen LogP) is 7.63. The van der Waals surface area contributed by atoms with E-state index in [2.05, 4.69) is 29.8 Å². The number of hydrogen-bond donors (Lipinski definition) is 1. The summed E-state index contributed by atoms with van der Waals surface area (Å²) in [5, 5.41) is 22.5. The van der Waals surface area contributed by atoms with Crippen molar-refractivity contribution >= 4 is 28.3 Å². The number of nitriles is 1. The van der Waals surface area contributed by atoms with Gasteiger partial charge in [-0.3, -0.25) is 0 Å². The van der Waals surface area contributed by atoms with Crippen LogP contribution in [0.4, 0.5) is 5.82 Å². The summed E-state index contributed by atoms with van der Waals surface area (Å²) in [7, 11) is 0. The number of rotatable bonds is 7. The van der Waals surface area contributed by atoms with Gasteiger partial charge < -0.3 is 10.0 Å². The molecule has 2 heterocycles. The van der Waals surface area contributed by atoms with Gasteiger partial charge in [-0.2, -0.15) is 5.26 Å². The maximum absolute atomic E-state index is 10.7. The topological polar surface area (TPSA) is 73.0 Å². The summed E-state index contributed by atoms with van der Waals surface area (Å²) in [6, 6.07) is 27.8. The largest absolute Gasteiger partial charge is 0.493 e. The zero-order valence-corrected chi connectivity index (χ0v) is 22.1. The summed E-state index contributed by atoms with van der Waals surface area (Å²) in [5.41, 5.74) is 6.55. The van der Waals surface area contributed by atoms with E-state index in [1.165, 1.54) is 0 Å². The summed E-state index contributed by atoms with van der Waals surface area (Å²) in [6.07, 6.45) is 2.02. The minimum atomic E-state index is -0.0249. The summed E-state index contributed by atoms with van der Waals surface area (Å²) in [6.45, 7) is 5.75. The number of aromatic hydroxyl groups is 1. The van der Waals surface area contributed by atoms with E-state index >= 15 is 0 Å². The van der Waals surface area contributed by atoms with Gasteiger partial charge in [0.05, 0.1) is 11.1 Å². The Hall–Kier alpha value is -4.40. The molecule has 0 fully saturated rings. The number of hydrogen-bond acceptors (Lipinski definition) is 5. The fourth-order valence-corrected chi connectivity index (χ4v) is 5.13. The molecule has 2 aromatic heterocycles. The zero-order chi connectivity index (χ0) is 26.6. The smallest absolute Gasteiger partial charge is 0.214 e. The summed E-state index contributed by atoms with van der Waals surface area (Å²) in [5.74, 6) is 0.786. The van der Waals surface area contributed by atoms with Gasteiger partial charge in [0.1, 0.15) is 11.9 Å². The van der Waals surface area contributed by atoms with Gasteiger partial charge in [-0.15, -0.1) is 0 Å². The minimum absolute atomic E-state index is 0.0249. The molecule has 1 N–H and O–H groups in total. The number of fused-ring (bicyclic) bond motifs is 1. The molecule has 6 heteroatoms. The lowest BCUT2D eigenvalue weighted by Gasteiger charge is -2.25. The molecule has 0 bridgehead atoms. The highest BCUT2D eigenvalue weighted by Crippen LogP contribution is 2.38. The second-order valence-corrected chi connectivity index (χ2v) is 9.47. The van der Waals surface area contributed by atoms with Crippen LogP contribution in [0.5, 0.6) is 5.88 Å². The van der Waals surface area contributed by atoms with Crippen LogP contribution in [0.15, 0.2) is 85.1 Å². The minimum Gasteiger partial charge on any atom is -0.493 e. The summed E-state index contributed by atoms with van der Waals surface area (Å²) in [4.78, 5) is 11.4. The fourth-order valence-electron chi connectivity index (χ4n) is 4.94. The Morgan fingerprint density at radius 1 is 0.921 bits per heavy atom. The van der Waals surface area contributed by atoms with Crippen molar-refractivity contribution in [2.24, 2.45) is 0 Å². The number of nitrogens with zero attached hydrogens (tertiary/aromatic N) is 4. The second kappa shape index (κ2) is 10.9. The van der Waals surface area contributed by atoms with Gasteiger partial charge in [-0.1, -0.05) is 60.1 Å². The van der Waals surface area contributed by atoms with Crippen LogP contribution < -0.4 is 4.90 Å². The van der Waals surface area contributed by atoms with Crippen molar-refractivity contribution in [1.29, 1.82) is 5.26 Å². The average Bonchev–Trinajstić information content (AvgIpc) is 2.94. The van der Waals surface area contributed by atoms with Crippen LogP contribution in [0.2, 0.25) is 5.02 Å². The maximum atomic E-state index is 10.7. The number of aromatic nitrogens is 2. The Balaban J connectivity index is 1.68. The molecular weight excluding hydrogens is 492 g/mol. The van der Waals surface area contributed by atoms with E-state index in [1.54, 1.807) is 6.20 Å². The van der Waals surface area contributed by atoms with Crippen LogP contribution in [0.3, 0.4) is 0 Å². The third-order valence-electron chi connectivity index (χ3n) is 6.82. The number of benzene rings is 3. The Morgan fingerprint density at radius 2 is 1.68 bits per heavy atom. The molecular formula is C32H27ClN4O. The molecule has 0 spiro atoms. The third-order valence-corrected chi connectivity index (χ3v) is 7.05. The van der Waals surface area contributed by atoms with Crippen LogP contribution in [0.1, 0.15) is 30.5 Å². The van der Waals surface area contributed by atoms with Crippen molar-refractivity contribution in [2.75, 3.05) is 18.0 Å². The predicted molar refractivity (Wildman–Crippen MR) is 155 cm³/mol. The highest BCUT2D eigenvalue weighted by molar-refractivity contribution is 6.30. The van der Waals surface area contributed by atoms with E-state index in [0.717, 1.165) is 57.6 Å². The molecule has 0 saturated heterocycles. The number of pyridine rings is 2. The van der Waals surface area contributed by atoms with Crippen LogP contribution in [-0.2, 0) is 6.42 Å². The SMILES string of the molecule is CCN(CC)c1nc2ccc(Cc3c(-c4cccc(Cl)c4)ccnc3O)cc2c(C#N)c1-c1ccccc1. The first-order valence-electron chi connectivity index (χ1n) is 12.6.